The fraction of sp³-hybridized carbons (Fsp3) is 0. The molecule has 0 saturated carbocycles. The molecule has 1 aromatic heterocycles. The smallest absolute Gasteiger partial charge is 0.288 e. The van der Waals surface area contributed by atoms with E-state index in [0.29, 0.717) is 15.8 Å². The highest BCUT2D eigenvalue weighted by atomic mass is 16.5. The van der Waals surface area contributed by atoms with Crippen molar-refractivity contribution in [3.8, 4) is 0 Å². The van der Waals surface area contributed by atoms with E-state index >= 15 is 0 Å². The normalized spacial score (nSPS) is 10.5. The summed E-state index contributed by atoms with van der Waals surface area (Å²) >= 11 is 0. The molecule has 0 saturated heterocycles. The van der Waals surface area contributed by atoms with E-state index in [0.717, 1.165) is 11.1 Å². The molecule has 56 valence electrons. The van der Waals surface area contributed by atoms with Crippen molar-refractivity contribution in [3.05, 3.63) is 35.8 Å². The molecule has 0 fully saturated rings. The van der Waals surface area contributed by atoms with Gasteiger partial charge >= 0.3 is 0 Å². The maximum atomic E-state index is 10.9. The molecule has 1 heterocycles. The van der Waals surface area contributed by atoms with Crippen molar-refractivity contribution in [1.29, 1.82) is 0 Å². The van der Waals surface area contributed by atoms with Crippen LogP contribution in [0.25, 0.3) is 11.0 Å². The van der Waals surface area contributed by atoms with E-state index in [1.807, 2.05) is 0 Å². The summed E-state index contributed by atoms with van der Waals surface area (Å²) in [5.74, 6) is 0. The monoisotopic (exact) mass is 150 g/mol. The second-order valence-corrected chi connectivity index (χ2v) is 2.27. The van der Waals surface area contributed by atoms with E-state index < -0.39 is 0 Å². The summed E-state index contributed by atoms with van der Waals surface area (Å²) in [5, 5.41) is 20.0. The molecule has 2 aromatic rings. The quantitative estimate of drug-likeness (QED) is 0.338. The van der Waals surface area contributed by atoms with Crippen molar-refractivity contribution in [1.82, 2.24) is 4.73 Å². The Morgan fingerprint density at radius 2 is 2.09 bits per heavy atom. The number of nitrogens with zero attached hydrogens (tertiary/aromatic N) is 2. The lowest BCUT2D eigenvalue weighted by molar-refractivity contribution is -0.579. The Morgan fingerprint density at radius 3 is 2.82 bits per heavy atom. The average molecular weight is 150 g/mol. The largest absolute Gasteiger partial charge is 0.710 e. The van der Waals surface area contributed by atoms with Gasteiger partial charge in [-0.3, -0.25) is 0 Å². The highest BCUT2D eigenvalue weighted by Gasteiger charge is 2.07. The molecule has 0 atom stereocenters. The van der Waals surface area contributed by atoms with Crippen molar-refractivity contribution in [3.63, 3.8) is 0 Å². The number of imidazole rings is 1. The van der Waals surface area contributed by atoms with Crippen LogP contribution in [0.4, 0.5) is 0 Å². The van der Waals surface area contributed by atoms with Crippen LogP contribution in [-0.2, 0) is 0 Å². The first kappa shape index (κ1) is 6.03. The Labute approximate surface area is 62.5 Å². The number of hydrogen-bond acceptors (Lipinski definition) is 2. The van der Waals surface area contributed by atoms with Gasteiger partial charge < -0.3 is 10.4 Å². The Balaban J connectivity index is 2.95. The molecule has 2 rings (SSSR count). The molecule has 0 spiro atoms. The van der Waals surface area contributed by atoms with Gasteiger partial charge in [0.25, 0.3) is 6.33 Å². The van der Waals surface area contributed by atoms with Gasteiger partial charge in [-0.25, -0.2) is 4.73 Å². The van der Waals surface area contributed by atoms with E-state index in [2.05, 4.69) is 0 Å². The van der Waals surface area contributed by atoms with Gasteiger partial charge in [-0.1, -0.05) is 12.1 Å². The summed E-state index contributed by atoms with van der Waals surface area (Å²) in [6, 6.07) is 6.82. The molecule has 0 aliphatic carbocycles. The Kier molecular flexibility index (Phi) is 1.03. The highest BCUT2D eigenvalue weighted by Crippen LogP contribution is 2.07. The fourth-order valence-corrected chi connectivity index (χ4v) is 1.07. The second kappa shape index (κ2) is 1.88. The topological polar surface area (TPSA) is 52.1 Å². The minimum Gasteiger partial charge on any atom is -0.710 e. The fourth-order valence-electron chi connectivity index (χ4n) is 1.07. The van der Waals surface area contributed by atoms with Crippen LogP contribution < -0.4 is 4.73 Å². The molecular weight excluding hydrogens is 144 g/mol. The highest BCUT2D eigenvalue weighted by molar-refractivity contribution is 5.71. The lowest BCUT2D eigenvalue weighted by Gasteiger charge is -1.92. The molecule has 11 heavy (non-hydrogen) atoms. The number of fused-ring (bicyclic) bond motifs is 1. The van der Waals surface area contributed by atoms with Crippen LogP contribution in [0.2, 0.25) is 0 Å². The predicted molar refractivity (Wildman–Crippen MR) is 38.1 cm³/mol. The maximum Gasteiger partial charge on any atom is 0.288 e. The van der Waals surface area contributed by atoms with Gasteiger partial charge in [0, 0.05) is 0 Å². The van der Waals surface area contributed by atoms with Gasteiger partial charge in [-0.05, 0) is 16.9 Å². The van der Waals surface area contributed by atoms with Crippen LogP contribution in [0, 0.1) is 5.21 Å². The third-order valence-electron chi connectivity index (χ3n) is 1.58. The minimum absolute atomic E-state index is 0.468. The lowest BCUT2D eigenvalue weighted by atomic mass is 10.3. The van der Waals surface area contributed by atoms with Crippen LogP contribution in [0.3, 0.4) is 0 Å². The molecule has 0 unspecified atom stereocenters. The number of hydrogen-bond donors (Lipinski definition) is 1. The Bertz CT molecular complexity index is 358. The van der Waals surface area contributed by atoms with Crippen molar-refractivity contribution < 1.29 is 9.94 Å². The molecule has 0 bridgehead atoms. The first-order chi connectivity index (χ1) is 5.29. The molecular formula is C7H6N2O2. The van der Waals surface area contributed by atoms with Gasteiger partial charge in [0.1, 0.15) is 0 Å². The van der Waals surface area contributed by atoms with Crippen LogP contribution in [0.5, 0.6) is 0 Å². The first-order valence-electron chi connectivity index (χ1n) is 3.17. The van der Waals surface area contributed by atoms with Gasteiger partial charge in [-0.15, -0.1) is 0 Å². The van der Waals surface area contributed by atoms with E-state index in [1.54, 1.807) is 24.3 Å². The Morgan fingerprint density at radius 1 is 1.36 bits per heavy atom. The summed E-state index contributed by atoms with van der Waals surface area (Å²) in [6.45, 7) is 0. The average Bonchev–Trinajstić information content (AvgIpc) is 2.30. The third-order valence-corrected chi connectivity index (χ3v) is 1.58. The number of rotatable bonds is 0. The number of para-hydroxylation sites is 2. The lowest BCUT2D eigenvalue weighted by Crippen LogP contribution is -2.22. The molecule has 1 aromatic carbocycles. The second-order valence-electron chi connectivity index (χ2n) is 2.27. The van der Waals surface area contributed by atoms with E-state index in [1.165, 1.54) is 0 Å². The van der Waals surface area contributed by atoms with E-state index in [9.17, 15) is 5.21 Å². The van der Waals surface area contributed by atoms with Crippen LogP contribution in [0.15, 0.2) is 30.6 Å². The van der Waals surface area contributed by atoms with E-state index in [4.69, 9.17) is 5.21 Å². The summed E-state index contributed by atoms with van der Waals surface area (Å²) < 4.78 is 1.43. The third kappa shape index (κ3) is 0.724. The van der Waals surface area contributed by atoms with Crippen molar-refractivity contribution in [2.75, 3.05) is 0 Å². The number of aromatic nitrogens is 2. The minimum atomic E-state index is 0.468. The molecule has 4 heteroatoms. The SMILES string of the molecule is [O-][n+]1cn(O)c2ccccc21. The molecule has 0 aliphatic rings. The van der Waals surface area contributed by atoms with Crippen molar-refractivity contribution in [2.24, 2.45) is 0 Å². The van der Waals surface area contributed by atoms with Crippen LogP contribution in [0.1, 0.15) is 0 Å². The van der Waals surface area contributed by atoms with Gasteiger partial charge in [-0.2, -0.15) is 0 Å². The standard InChI is InChI=1S/C7H6N2O2/c10-8-5-9(11)7-4-2-1-3-6(7)8/h1-5,10H. The molecule has 1 N–H and O–H groups in total. The molecule has 4 nitrogen and oxygen atoms in total. The molecule has 0 radical (unpaired) electrons. The molecule has 0 amide bonds. The molecule has 0 aliphatic heterocycles. The van der Waals surface area contributed by atoms with Crippen molar-refractivity contribution >= 4 is 11.0 Å². The maximum absolute atomic E-state index is 10.9. The van der Waals surface area contributed by atoms with Gasteiger partial charge in [0.2, 0.25) is 5.52 Å². The van der Waals surface area contributed by atoms with Crippen molar-refractivity contribution in [2.45, 2.75) is 0 Å². The predicted octanol–water partition coefficient (Wildman–Crippen LogP) is 0.512. The summed E-state index contributed by atoms with van der Waals surface area (Å²) in [7, 11) is 0. The van der Waals surface area contributed by atoms with Gasteiger partial charge in [0.15, 0.2) is 5.52 Å². The summed E-state index contributed by atoms with van der Waals surface area (Å²) in [5.41, 5.74) is 0.984. The number of benzene rings is 1. The van der Waals surface area contributed by atoms with Crippen LogP contribution >= 0.6 is 0 Å². The van der Waals surface area contributed by atoms with Gasteiger partial charge in [0.05, 0.1) is 0 Å². The first-order valence-corrected chi connectivity index (χ1v) is 3.17. The zero-order chi connectivity index (χ0) is 7.84. The Hall–Kier alpha value is -1.71. The zero-order valence-corrected chi connectivity index (χ0v) is 5.64. The summed E-state index contributed by atoms with van der Waals surface area (Å²) in [6.07, 6.45) is 1.07. The zero-order valence-electron chi connectivity index (χ0n) is 5.64. The summed E-state index contributed by atoms with van der Waals surface area (Å²) in [4.78, 5) is 0. The van der Waals surface area contributed by atoms with E-state index in [-0.39, 0.29) is 0 Å². The van der Waals surface area contributed by atoms with Crippen LogP contribution in [-0.4, -0.2) is 9.94 Å².